The number of halogens is 1. The molecule has 1 aliphatic carbocycles. The normalized spacial score (nSPS) is 17.4. The number of aliphatic carboxylic acids is 1. The van der Waals surface area contributed by atoms with Crippen LogP contribution in [-0.4, -0.2) is 47.9 Å². The lowest BCUT2D eigenvalue weighted by Crippen LogP contribution is -2.36. The Kier molecular flexibility index (Phi) is 8.48. The number of nitrogens with zero attached hydrogens (tertiary/aromatic N) is 2. The number of carbonyl (C=O) groups is 2. The van der Waals surface area contributed by atoms with Crippen molar-refractivity contribution in [2.24, 2.45) is 11.8 Å². The minimum absolute atomic E-state index is 0.0923. The molecule has 1 saturated carbocycles. The molecule has 2 heterocycles. The molecule has 0 spiro atoms. The average molecular weight is 561 g/mol. The topological polar surface area (TPSA) is 161 Å². The van der Waals surface area contributed by atoms with Gasteiger partial charge in [0, 0.05) is 0 Å². The van der Waals surface area contributed by atoms with Crippen LogP contribution in [0.1, 0.15) is 37.1 Å². The van der Waals surface area contributed by atoms with Crippen LogP contribution in [-0.2, 0) is 19.6 Å². The number of carbonyl (C=O) groups excluding carboxylic acids is 1. The van der Waals surface area contributed by atoms with Gasteiger partial charge >= 0.3 is 5.97 Å². The van der Waals surface area contributed by atoms with Gasteiger partial charge in [-0.05, 0) is 63.1 Å². The number of ether oxygens (including phenoxy) is 1. The Morgan fingerprint density at radius 3 is 2.44 bits per heavy atom. The number of hydrogen-bond donors (Lipinski definition) is 3. The van der Waals surface area contributed by atoms with Gasteiger partial charge < -0.3 is 19.7 Å². The molecule has 1 aliphatic rings. The SMILES string of the molecule is Cc1nc(-c2onc(C)c2NS(=O)(=O)CCOc2ccc(F)cc2)ccc1NC(=O)C1CCCCC1C(=O)O. The van der Waals surface area contributed by atoms with Crippen molar-refractivity contribution >= 4 is 33.3 Å². The molecule has 3 aromatic rings. The quantitative estimate of drug-likeness (QED) is 0.331. The molecule has 2 aromatic heterocycles. The molecule has 11 nitrogen and oxygen atoms in total. The zero-order valence-corrected chi connectivity index (χ0v) is 22.3. The smallest absolute Gasteiger partial charge is 0.307 e. The summed E-state index contributed by atoms with van der Waals surface area (Å²) in [5, 5.41) is 16.1. The summed E-state index contributed by atoms with van der Waals surface area (Å²) in [5.41, 5.74) is 1.54. The number of anilines is 2. The van der Waals surface area contributed by atoms with Crippen molar-refractivity contribution in [3.05, 3.63) is 53.6 Å². The second-order valence-electron chi connectivity index (χ2n) is 9.35. The number of aryl methyl sites for hydroxylation is 2. The number of carboxylic acid groups (broad SMARTS) is 1. The third-order valence-electron chi connectivity index (χ3n) is 6.55. The minimum Gasteiger partial charge on any atom is -0.492 e. The van der Waals surface area contributed by atoms with Gasteiger partial charge in [0.15, 0.2) is 0 Å². The maximum atomic E-state index is 13.0. The van der Waals surface area contributed by atoms with Gasteiger partial charge in [-0.15, -0.1) is 0 Å². The molecule has 13 heteroatoms. The second-order valence-corrected chi connectivity index (χ2v) is 11.2. The number of aromatic nitrogens is 2. The predicted molar refractivity (Wildman–Crippen MR) is 140 cm³/mol. The number of amides is 1. The fourth-order valence-electron chi connectivity index (χ4n) is 4.46. The zero-order valence-electron chi connectivity index (χ0n) is 21.4. The molecule has 0 radical (unpaired) electrons. The Labute approximate surface area is 224 Å². The first kappa shape index (κ1) is 28.0. The standard InChI is InChI=1S/C26H29FN4O7S/c1-15-21(29-25(32)19-5-3-4-6-20(19)26(33)34)11-12-22(28-15)24-23(16(2)30-38-24)31-39(35,36)14-13-37-18-9-7-17(27)8-10-18/h7-12,19-20,31H,3-6,13-14H2,1-2H3,(H,29,32)(H,33,34). The van der Waals surface area contributed by atoms with Crippen LogP contribution < -0.4 is 14.8 Å². The average Bonchev–Trinajstić information content (AvgIpc) is 3.25. The molecule has 1 fully saturated rings. The molecule has 39 heavy (non-hydrogen) atoms. The summed E-state index contributed by atoms with van der Waals surface area (Å²) in [4.78, 5) is 28.9. The first-order chi connectivity index (χ1) is 18.5. The Morgan fingerprint density at radius 2 is 1.77 bits per heavy atom. The fourth-order valence-corrected chi connectivity index (χ4v) is 5.41. The second kappa shape index (κ2) is 11.8. The zero-order chi connectivity index (χ0) is 28.2. The van der Waals surface area contributed by atoms with Gasteiger partial charge in [0.05, 0.1) is 23.2 Å². The lowest BCUT2D eigenvalue weighted by molar-refractivity contribution is -0.147. The Hall–Kier alpha value is -4.00. The number of benzene rings is 1. The molecule has 0 bridgehead atoms. The van der Waals surface area contributed by atoms with Gasteiger partial charge in [0.1, 0.15) is 41.0 Å². The summed E-state index contributed by atoms with van der Waals surface area (Å²) < 4.78 is 51.7. The van der Waals surface area contributed by atoms with E-state index in [0.717, 1.165) is 12.8 Å². The molecule has 3 N–H and O–H groups in total. The minimum atomic E-state index is -3.88. The summed E-state index contributed by atoms with van der Waals surface area (Å²) in [6, 6.07) is 8.37. The molecule has 2 atom stereocenters. The van der Waals surface area contributed by atoms with Crippen LogP contribution in [0.25, 0.3) is 11.5 Å². The largest absolute Gasteiger partial charge is 0.492 e. The highest BCUT2D eigenvalue weighted by molar-refractivity contribution is 7.92. The maximum absolute atomic E-state index is 13.0. The predicted octanol–water partition coefficient (Wildman–Crippen LogP) is 4.14. The lowest BCUT2D eigenvalue weighted by atomic mass is 9.78. The van der Waals surface area contributed by atoms with Gasteiger partial charge in [-0.2, -0.15) is 0 Å². The summed E-state index contributed by atoms with van der Waals surface area (Å²) >= 11 is 0. The Balaban J connectivity index is 1.44. The van der Waals surface area contributed by atoms with Crippen molar-refractivity contribution in [2.45, 2.75) is 39.5 Å². The first-order valence-corrected chi connectivity index (χ1v) is 14.1. The van der Waals surface area contributed by atoms with E-state index in [-0.39, 0.29) is 35.4 Å². The lowest BCUT2D eigenvalue weighted by Gasteiger charge is -2.27. The van der Waals surface area contributed by atoms with Crippen LogP contribution in [0.15, 0.2) is 40.9 Å². The van der Waals surface area contributed by atoms with Crippen LogP contribution in [0.5, 0.6) is 5.75 Å². The van der Waals surface area contributed by atoms with E-state index < -0.39 is 33.6 Å². The number of carboxylic acids is 1. The molecule has 208 valence electrons. The van der Waals surface area contributed by atoms with Crippen molar-refractivity contribution in [1.29, 1.82) is 0 Å². The highest BCUT2D eigenvalue weighted by Gasteiger charge is 2.36. The van der Waals surface area contributed by atoms with Crippen molar-refractivity contribution in [2.75, 3.05) is 22.4 Å². The molecule has 1 aromatic carbocycles. The number of rotatable bonds is 10. The van der Waals surface area contributed by atoms with E-state index >= 15 is 0 Å². The third-order valence-corrected chi connectivity index (χ3v) is 7.77. The van der Waals surface area contributed by atoms with E-state index in [0.29, 0.717) is 35.7 Å². The molecule has 1 amide bonds. The van der Waals surface area contributed by atoms with Crippen LogP contribution in [0.4, 0.5) is 15.8 Å². The van der Waals surface area contributed by atoms with Gasteiger partial charge in [-0.1, -0.05) is 18.0 Å². The maximum Gasteiger partial charge on any atom is 0.307 e. The van der Waals surface area contributed by atoms with Gasteiger partial charge in [0.2, 0.25) is 21.7 Å². The van der Waals surface area contributed by atoms with E-state index in [4.69, 9.17) is 9.26 Å². The Bertz CT molecular complexity index is 1460. The number of hydrogen-bond acceptors (Lipinski definition) is 8. The third kappa shape index (κ3) is 6.91. The molecular formula is C26H29FN4O7S. The Morgan fingerprint density at radius 1 is 1.08 bits per heavy atom. The van der Waals surface area contributed by atoms with Crippen LogP contribution in [0, 0.1) is 31.5 Å². The van der Waals surface area contributed by atoms with Crippen molar-refractivity contribution < 1.29 is 36.8 Å². The fraction of sp³-hybridized carbons (Fsp3) is 0.385. The molecule has 0 aliphatic heterocycles. The van der Waals surface area contributed by atoms with Crippen molar-refractivity contribution in [1.82, 2.24) is 10.1 Å². The van der Waals surface area contributed by atoms with Gasteiger partial charge in [-0.25, -0.2) is 17.8 Å². The first-order valence-electron chi connectivity index (χ1n) is 12.4. The van der Waals surface area contributed by atoms with E-state index in [1.807, 2.05) is 0 Å². The summed E-state index contributed by atoms with van der Waals surface area (Å²) in [6.45, 7) is 3.06. The molecule has 4 rings (SSSR count). The highest BCUT2D eigenvalue weighted by Crippen LogP contribution is 2.34. The van der Waals surface area contributed by atoms with Crippen LogP contribution in [0.3, 0.4) is 0 Å². The molecule has 2 unspecified atom stereocenters. The summed E-state index contributed by atoms with van der Waals surface area (Å²) in [6.07, 6.45) is 2.54. The number of nitrogens with one attached hydrogen (secondary N) is 2. The van der Waals surface area contributed by atoms with E-state index in [9.17, 15) is 27.5 Å². The molecular weight excluding hydrogens is 531 g/mol. The molecule has 0 saturated heterocycles. The van der Waals surface area contributed by atoms with Crippen molar-refractivity contribution in [3.8, 4) is 17.2 Å². The van der Waals surface area contributed by atoms with E-state index in [2.05, 4.69) is 20.2 Å². The van der Waals surface area contributed by atoms with Gasteiger partial charge in [0.25, 0.3) is 0 Å². The van der Waals surface area contributed by atoms with Crippen LogP contribution in [0.2, 0.25) is 0 Å². The van der Waals surface area contributed by atoms with E-state index in [1.54, 1.807) is 26.0 Å². The summed E-state index contributed by atoms with van der Waals surface area (Å²) in [7, 11) is -3.88. The van der Waals surface area contributed by atoms with Gasteiger partial charge in [-0.3, -0.25) is 14.3 Å². The van der Waals surface area contributed by atoms with E-state index in [1.165, 1.54) is 24.3 Å². The monoisotopic (exact) mass is 560 g/mol. The summed E-state index contributed by atoms with van der Waals surface area (Å²) in [5.74, 6) is -3.08. The number of sulfonamides is 1. The van der Waals surface area contributed by atoms with Crippen LogP contribution >= 0.6 is 0 Å². The number of pyridine rings is 1. The van der Waals surface area contributed by atoms with Crippen molar-refractivity contribution in [3.63, 3.8) is 0 Å². The highest BCUT2D eigenvalue weighted by atomic mass is 32.2.